The maximum atomic E-state index is 11.3. The quantitative estimate of drug-likeness (QED) is 0.920. The smallest absolute Gasteiger partial charge is 0.157 e. The van der Waals surface area contributed by atoms with Crippen molar-refractivity contribution in [2.24, 2.45) is 11.8 Å². The van der Waals surface area contributed by atoms with Crippen LogP contribution in [0.15, 0.2) is 42.1 Å². The lowest BCUT2D eigenvalue weighted by molar-refractivity contribution is -0.114. The van der Waals surface area contributed by atoms with Gasteiger partial charge < -0.3 is 5.32 Å². The van der Waals surface area contributed by atoms with E-state index in [-0.39, 0.29) is 5.78 Å². The molecule has 21 heavy (non-hydrogen) atoms. The molecule has 1 aromatic rings. The second-order valence-corrected chi connectivity index (χ2v) is 6.74. The van der Waals surface area contributed by atoms with Gasteiger partial charge in [-0.1, -0.05) is 30.3 Å². The lowest BCUT2D eigenvalue weighted by Crippen LogP contribution is -2.62. The van der Waals surface area contributed by atoms with Crippen molar-refractivity contribution >= 4 is 5.78 Å². The normalized spacial score (nSPS) is 31.7. The van der Waals surface area contributed by atoms with Crippen LogP contribution in [-0.4, -0.2) is 29.8 Å². The third-order valence-corrected chi connectivity index (χ3v) is 5.18. The van der Waals surface area contributed by atoms with E-state index in [4.69, 9.17) is 0 Å². The van der Waals surface area contributed by atoms with Crippen LogP contribution < -0.4 is 5.32 Å². The molecule has 2 unspecified atom stereocenters. The Labute approximate surface area is 126 Å². The summed E-state index contributed by atoms with van der Waals surface area (Å²) in [5, 5.41) is 3.65. The highest BCUT2D eigenvalue weighted by Crippen LogP contribution is 2.41. The molecule has 0 aromatic heterocycles. The minimum Gasteiger partial charge on any atom is -0.385 e. The van der Waals surface area contributed by atoms with Gasteiger partial charge in [0, 0.05) is 43.9 Å². The van der Waals surface area contributed by atoms with E-state index >= 15 is 0 Å². The molecule has 2 atom stereocenters. The van der Waals surface area contributed by atoms with E-state index in [0.717, 1.165) is 24.8 Å². The monoisotopic (exact) mass is 282 g/mol. The van der Waals surface area contributed by atoms with Crippen LogP contribution in [0.5, 0.6) is 0 Å². The van der Waals surface area contributed by atoms with Crippen molar-refractivity contribution in [2.75, 3.05) is 13.1 Å². The van der Waals surface area contributed by atoms with Gasteiger partial charge in [-0.25, -0.2) is 0 Å². The van der Waals surface area contributed by atoms with Gasteiger partial charge in [0.2, 0.25) is 0 Å². The predicted octanol–water partition coefficient (Wildman–Crippen LogP) is 2.34. The Morgan fingerprint density at radius 3 is 2.52 bits per heavy atom. The fraction of sp³-hybridized carbons (Fsp3) is 0.500. The average Bonchev–Trinajstić information content (AvgIpc) is 2.91. The molecule has 3 nitrogen and oxygen atoms in total. The van der Waals surface area contributed by atoms with Crippen molar-refractivity contribution in [3.05, 3.63) is 47.7 Å². The van der Waals surface area contributed by atoms with E-state index in [2.05, 4.69) is 40.5 Å². The minimum atomic E-state index is 0.285. The van der Waals surface area contributed by atoms with E-state index in [9.17, 15) is 4.79 Å². The second-order valence-electron chi connectivity index (χ2n) is 6.74. The fourth-order valence-corrected chi connectivity index (χ4v) is 4.12. The maximum Gasteiger partial charge on any atom is 0.157 e. The summed E-state index contributed by atoms with van der Waals surface area (Å²) in [5.74, 6) is 1.79. The molecular formula is C18H22N2O. The van der Waals surface area contributed by atoms with Crippen molar-refractivity contribution in [1.29, 1.82) is 0 Å². The number of ketones is 1. The zero-order valence-corrected chi connectivity index (χ0v) is 12.3. The van der Waals surface area contributed by atoms with Crippen molar-refractivity contribution in [2.45, 2.75) is 31.8 Å². The number of rotatable bonds is 4. The molecule has 2 heterocycles. The summed E-state index contributed by atoms with van der Waals surface area (Å²) in [6, 6.07) is 11.3. The van der Waals surface area contributed by atoms with Crippen LogP contribution in [-0.2, 0) is 11.3 Å². The van der Waals surface area contributed by atoms with Crippen molar-refractivity contribution < 1.29 is 4.79 Å². The van der Waals surface area contributed by atoms with E-state index < -0.39 is 0 Å². The number of fused-ring (bicyclic) bond motifs is 2. The minimum absolute atomic E-state index is 0.285. The first kappa shape index (κ1) is 13.1. The van der Waals surface area contributed by atoms with E-state index in [1.807, 2.05) is 6.08 Å². The van der Waals surface area contributed by atoms with Gasteiger partial charge in [-0.15, -0.1) is 0 Å². The number of hydrogen-bond donors (Lipinski definition) is 1. The highest BCUT2D eigenvalue weighted by atomic mass is 16.1. The molecule has 5 rings (SSSR count). The molecule has 0 amide bonds. The molecule has 2 aliphatic heterocycles. The predicted molar refractivity (Wildman–Crippen MR) is 82.6 cm³/mol. The SMILES string of the molecule is O=C1C=C(NC2C3CC2CN(Cc2ccccc2)C3)CC1. The molecule has 1 saturated carbocycles. The van der Waals surface area contributed by atoms with Crippen molar-refractivity contribution in [3.63, 3.8) is 0 Å². The van der Waals surface area contributed by atoms with Crippen LogP contribution in [0.2, 0.25) is 0 Å². The van der Waals surface area contributed by atoms with Crippen LogP contribution in [0.4, 0.5) is 0 Å². The molecule has 0 spiro atoms. The van der Waals surface area contributed by atoms with Gasteiger partial charge in [-0.2, -0.15) is 0 Å². The van der Waals surface area contributed by atoms with Gasteiger partial charge in [0.1, 0.15) is 0 Å². The second kappa shape index (κ2) is 5.30. The first-order valence-electron chi connectivity index (χ1n) is 8.04. The molecule has 3 fully saturated rings. The van der Waals surface area contributed by atoms with Crippen LogP contribution in [0, 0.1) is 11.8 Å². The third kappa shape index (κ3) is 2.62. The Morgan fingerprint density at radius 2 is 1.86 bits per heavy atom. The molecule has 1 N–H and O–H groups in total. The van der Waals surface area contributed by atoms with Crippen LogP contribution in [0.3, 0.4) is 0 Å². The lowest BCUT2D eigenvalue weighted by atomic mass is 9.66. The van der Waals surface area contributed by atoms with Crippen LogP contribution in [0.25, 0.3) is 0 Å². The van der Waals surface area contributed by atoms with Gasteiger partial charge in [0.15, 0.2) is 5.78 Å². The number of carbonyl (C=O) groups is 1. The van der Waals surface area contributed by atoms with Crippen molar-refractivity contribution in [1.82, 2.24) is 10.2 Å². The number of nitrogens with zero attached hydrogens (tertiary/aromatic N) is 1. The van der Waals surface area contributed by atoms with Crippen molar-refractivity contribution in [3.8, 4) is 0 Å². The maximum absolute atomic E-state index is 11.3. The number of benzene rings is 1. The zero-order chi connectivity index (χ0) is 14.2. The molecule has 2 saturated heterocycles. The number of carbonyl (C=O) groups excluding carboxylic acids is 1. The van der Waals surface area contributed by atoms with E-state index in [1.54, 1.807) is 0 Å². The first-order valence-corrected chi connectivity index (χ1v) is 8.04. The summed E-state index contributed by atoms with van der Waals surface area (Å²) in [6.45, 7) is 3.44. The Morgan fingerprint density at radius 1 is 1.10 bits per heavy atom. The molecular weight excluding hydrogens is 260 g/mol. The fourth-order valence-electron chi connectivity index (χ4n) is 4.12. The zero-order valence-electron chi connectivity index (χ0n) is 12.3. The molecule has 3 heteroatoms. The molecule has 4 aliphatic rings. The number of hydrogen-bond acceptors (Lipinski definition) is 3. The molecule has 2 aliphatic carbocycles. The largest absolute Gasteiger partial charge is 0.385 e. The number of nitrogens with one attached hydrogen (secondary N) is 1. The average molecular weight is 282 g/mol. The van der Waals surface area contributed by atoms with Gasteiger partial charge in [-0.3, -0.25) is 9.69 Å². The summed E-state index contributed by atoms with van der Waals surface area (Å²) in [5.41, 5.74) is 2.59. The van der Waals surface area contributed by atoms with E-state index in [0.29, 0.717) is 12.5 Å². The Kier molecular flexibility index (Phi) is 3.30. The highest BCUT2D eigenvalue weighted by Gasteiger charge is 2.46. The van der Waals surface area contributed by atoms with Gasteiger partial charge in [-0.05, 0) is 30.2 Å². The molecule has 110 valence electrons. The summed E-state index contributed by atoms with van der Waals surface area (Å²) in [7, 11) is 0. The number of piperidine rings is 2. The Balaban J connectivity index is 1.34. The third-order valence-electron chi connectivity index (χ3n) is 5.18. The standard InChI is InChI=1S/C18H22N2O/c21-17-7-6-16(9-17)19-18-14-8-15(18)12-20(11-14)10-13-4-2-1-3-5-13/h1-5,9,14-15,18-19H,6-8,10-12H2. The Hall–Kier alpha value is -1.61. The first-order chi connectivity index (χ1) is 10.3. The summed E-state index contributed by atoms with van der Waals surface area (Å²) < 4.78 is 0. The lowest BCUT2D eigenvalue weighted by Gasteiger charge is -2.54. The summed E-state index contributed by atoms with van der Waals surface area (Å²) >= 11 is 0. The Bertz CT molecular complexity index is 554. The highest BCUT2D eigenvalue weighted by molar-refractivity contribution is 5.92. The molecule has 1 aromatic carbocycles. The van der Waals surface area contributed by atoms with Crippen LogP contribution >= 0.6 is 0 Å². The van der Waals surface area contributed by atoms with Gasteiger partial charge in [0.05, 0.1) is 0 Å². The molecule has 0 radical (unpaired) electrons. The van der Waals surface area contributed by atoms with Gasteiger partial charge in [0.25, 0.3) is 0 Å². The van der Waals surface area contributed by atoms with Crippen LogP contribution in [0.1, 0.15) is 24.8 Å². The van der Waals surface area contributed by atoms with E-state index in [1.165, 1.54) is 30.8 Å². The summed E-state index contributed by atoms with van der Waals surface area (Å²) in [4.78, 5) is 13.9. The number of allylic oxidation sites excluding steroid dienone is 2. The van der Waals surface area contributed by atoms with Gasteiger partial charge >= 0.3 is 0 Å². The topological polar surface area (TPSA) is 32.3 Å². The summed E-state index contributed by atoms with van der Waals surface area (Å²) in [6.07, 6.45) is 4.78. The molecule has 2 bridgehead atoms.